The van der Waals surface area contributed by atoms with Gasteiger partial charge in [0.25, 0.3) is 0 Å². The lowest BCUT2D eigenvalue weighted by Gasteiger charge is -2.19. The molecule has 1 aliphatic rings. The van der Waals surface area contributed by atoms with E-state index in [0.717, 1.165) is 15.7 Å². The van der Waals surface area contributed by atoms with Crippen LogP contribution in [0, 0.1) is 12.8 Å². The molecular formula is C13H14BrNO3. The molecule has 0 N–H and O–H groups in total. The third-order valence-electron chi connectivity index (χ3n) is 3.19. The highest BCUT2D eigenvalue weighted by atomic mass is 79.9. The van der Waals surface area contributed by atoms with Gasteiger partial charge in [-0.15, -0.1) is 0 Å². The molecule has 96 valence electrons. The lowest BCUT2D eigenvalue weighted by atomic mass is 10.1. The topological polar surface area (TPSA) is 46.6 Å². The molecule has 1 saturated heterocycles. The van der Waals surface area contributed by atoms with Crippen LogP contribution in [-0.4, -0.2) is 25.5 Å². The number of methoxy groups -OCH3 is 1. The van der Waals surface area contributed by atoms with Crippen LogP contribution in [0.15, 0.2) is 22.7 Å². The van der Waals surface area contributed by atoms with Crippen LogP contribution in [-0.2, 0) is 14.3 Å². The SMILES string of the molecule is COC(=O)C1CC(=O)N(c2cccc(Br)c2C)C1. The fraction of sp³-hybridized carbons (Fsp3) is 0.385. The van der Waals surface area contributed by atoms with Crippen molar-refractivity contribution in [3.8, 4) is 0 Å². The van der Waals surface area contributed by atoms with Gasteiger partial charge < -0.3 is 9.64 Å². The smallest absolute Gasteiger partial charge is 0.311 e. The van der Waals surface area contributed by atoms with Crippen molar-refractivity contribution in [2.45, 2.75) is 13.3 Å². The molecule has 1 fully saturated rings. The molecule has 1 aromatic carbocycles. The van der Waals surface area contributed by atoms with Crippen LogP contribution in [0.3, 0.4) is 0 Å². The number of rotatable bonds is 2. The van der Waals surface area contributed by atoms with Crippen molar-refractivity contribution in [3.05, 3.63) is 28.2 Å². The molecule has 4 nitrogen and oxygen atoms in total. The number of anilines is 1. The Morgan fingerprint density at radius 3 is 2.89 bits per heavy atom. The molecule has 0 saturated carbocycles. The van der Waals surface area contributed by atoms with Crippen LogP contribution >= 0.6 is 15.9 Å². The summed E-state index contributed by atoms with van der Waals surface area (Å²) in [6.07, 6.45) is 0.221. The molecular weight excluding hydrogens is 298 g/mol. The Morgan fingerprint density at radius 2 is 2.22 bits per heavy atom. The quantitative estimate of drug-likeness (QED) is 0.787. The normalized spacial score (nSPS) is 19.2. The van der Waals surface area contributed by atoms with E-state index in [0.29, 0.717) is 6.54 Å². The highest BCUT2D eigenvalue weighted by Crippen LogP contribution is 2.31. The zero-order valence-corrected chi connectivity index (χ0v) is 11.9. The van der Waals surface area contributed by atoms with Gasteiger partial charge in [0.05, 0.1) is 13.0 Å². The van der Waals surface area contributed by atoms with Crippen LogP contribution in [0.5, 0.6) is 0 Å². The molecule has 1 atom stereocenters. The van der Waals surface area contributed by atoms with Crippen molar-refractivity contribution in [1.29, 1.82) is 0 Å². The second kappa shape index (κ2) is 5.10. The monoisotopic (exact) mass is 311 g/mol. The van der Waals surface area contributed by atoms with E-state index in [9.17, 15) is 9.59 Å². The van der Waals surface area contributed by atoms with Gasteiger partial charge in [-0.2, -0.15) is 0 Å². The third kappa shape index (κ3) is 2.27. The Hall–Kier alpha value is -1.36. The van der Waals surface area contributed by atoms with E-state index < -0.39 is 0 Å². The number of esters is 1. The molecule has 1 heterocycles. The molecule has 1 unspecified atom stereocenters. The minimum atomic E-state index is -0.360. The first-order chi connectivity index (χ1) is 8.54. The molecule has 18 heavy (non-hydrogen) atoms. The summed E-state index contributed by atoms with van der Waals surface area (Å²) in [4.78, 5) is 25.1. The van der Waals surface area contributed by atoms with Crippen molar-refractivity contribution in [2.75, 3.05) is 18.6 Å². The molecule has 1 aromatic rings. The van der Waals surface area contributed by atoms with E-state index in [1.165, 1.54) is 7.11 Å². The molecule has 1 amide bonds. The van der Waals surface area contributed by atoms with E-state index in [-0.39, 0.29) is 24.2 Å². The van der Waals surface area contributed by atoms with Gasteiger partial charge in [-0.1, -0.05) is 22.0 Å². The van der Waals surface area contributed by atoms with Crippen LogP contribution in [0.25, 0.3) is 0 Å². The summed E-state index contributed by atoms with van der Waals surface area (Å²) in [5.41, 5.74) is 1.84. The maximum Gasteiger partial charge on any atom is 0.311 e. The van der Waals surface area contributed by atoms with Gasteiger partial charge in [0, 0.05) is 23.1 Å². The maximum atomic E-state index is 12.0. The van der Waals surface area contributed by atoms with Crippen molar-refractivity contribution in [1.82, 2.24) is 0 Å². The summed E-state index contributed by atoms with van der Waals surface area (Å²) in [6.45, 7) is 2.33. The van der Waals surface area contributed by atoms with Crippen LogP contribution < -0.4 is 4.90 Å². The lowest BCUT2D eigenvalue weighted by Crippen LogP contribution is -2.26. The Balaban J connectivity index is 2.27. The predicted octanol–water partition coefficient (Wildman–Crippen LogP) is 2.28. The summed E-state index contributed by atoms with van der Waals surface area (Å²) < 4.78 is 5.65. The second-order valence-electron chi connectivity index (χ2n) is 4.31. The van der Waals surface area contributed by atoms with Gasteiger partial charge in [-0.05, 0) is 24.6 Å². The summed E-state index contributed by atoms with van der Waals surface area (Å²) in [6, 6.07) is 5.69. The zero-order chi connectivity index (χ0) is 13.3. The number of carbonyl (C=O) groups is 2. The number of halogens is 1. The number of nitrogens with zero attached hydrogens (tertiary/aromatic N) is 1. The highest BCUT2D eigenvalue weighted by molar-refractivity contribution is 9.10. The number of amides is 1. The number of hydrogen-bond donors (Lipinski definition) is 0. The molecule has 0 spiro atoms. The van der Waals surface area contributed by atoms with Crippen molar-refractivity contribution >= 4 is 33.5 Å². The third-order valence-corrected chi connectivity index (χ3v) is 4.05. The van der Waals surface area contributed by atoms with Crippen molar-refractivity contribution < 1.29 is 14.3 Å². The van der Waals surface area contributed by atoms with Gasteiger partial charge in [-0.3, -0.25) is 9.59 Å². The Bertz CT molecular complexity index is 501. The molecule has 0 aliphatic carbocycles. The fourth-order valence-electron chi connectivity index (χ4n) is 2.15. The first-order valence-corrected chi connectivity index (χ1v) is 6.47. The van der Waals surface area contributed by atoms with E-state index in [4.69, 9.17) is 4.74 Å². The summed E-state index contributed by atoms with van der Waals surface area (Å²) >= 11 is 3.44. The second-order valence-corrected chi connectivity index (χ2v) is 5.17. The maximum absolute atomic E-state index is 12.0. The van der Waals surface area contributed by atoms with Gasteiger partial charge in [-0.25, -0.2) is 0 Å². The standard InChI is InChI=1S/C13H14BrNO3/c1-8-10(14)4-3-5-11(8)15-7-9(6-12(15)16)13(17)18-2/h3-5,9H,6-7H2,1-2H3. The first-order valence-electron chi connectivity index (χ1n) is 5.68. The number of ether oxygens (including phenoxy) is 1. The average Bonchev–Trinajstić information content (AvgIpc) is 2.74. The molecule has 1 aliphatic heterocycles. The van der Waals surface area contributed by atoms with Crippen molar-refractivity contribution in [2.24, 2.45) is 5.92 Å². The van der Waals surface area contributed by atoms with E-state index in [1.807, 2.05) is 25.1 Å². The fourth-order valence-corrected chi connectivity index (χ4v) is 2.51. The minimum absolute atomic E-state index is 0.0356. The minimum Gasteiger partial charge on any atom is -0.469 e. The Labute approximate surface area is 114 Å². The van der Waals surface area contributed by atoms with Crippen LogP contribution in [0.1, 0.15) is 12.0 Å². The molecule has 0 radical (unpaired) electrons. The molecule has 5 heteroatoms. The van der Waals surface area contributed by atoms with Crippen molar-refractivity contribution in [3.63, 3.8) is 0 Å². The van der Waals surface area contributed by atoms with Gasteiger partial charge in [0.1, 0.15) is 0 Å². The average molecular weight is 312 g/mol. The summed E-state index contributed by atoms with van der Waals surface area (Å²) in [5, 5.41) is 0. The summed E-state index contributed by atoms with van der Waals surface area (Å²) in [7, 11) is 1.35. The zero-order valence-electron chi connectivity index (χ0n) is 10.3. The molecule has 2 rings (SSSR count). The summed E-state index contributed by atoms with van der Waals surface area (Å²) in [5.74, 6) is -0.717. The van der Waals surface area contributed by atoms with Gasteiger partial charge in [0.2, 0.25) is 5.91 Å². The molecule has 0 aromatic heterocycles. The number of benzene rings is 1. The van der Waals surface area contributed by atoms with E-state index in [2.05, 4.69) is 15.9 Å². The van der Waals surface area contributed by atoms with Gasteiger partial charge in [0.15, 0.2) is 0 Å². The Morgan fingerprint density at radius 1 is 1.50 bits per heavy atom. The van der Waals surface area contributed by atoms with Gasteiger partial charge >= 0.3 is 5.97 Å². The van der Waals surface area contributed by atoms with Crippen LogP contribution in [0.2, 0.25) is 0 Å². The predicted molar refractivity (Wildman–Crippen MR) is 71.4 cm³/mol. The largest absolute Gasteiger partial charge is 0.469 e. The van der Waals surface area contributed by atoms with E-state index >= 15 is 0 Å². The van der Waals surface area contributed by atoms with Crippen LogP contribution in [0.4, 0.5) is 5.69 Å². The Kier molecular flexibility index (Phi) is 3.71. The first kappa shape index (κ1) is 13.1. The lowest BCUT2D eigenvalue weighted by molar-refractivity contribution is -0.145. The number of carbonyl (C=O) groups excluding carboxylic acids is 2. The van der Waals surface area contributed by atoms with E-state index in [1.54, 1.807) is 4.90 Å². The molecule has 0 bridgehead atoms. The highest BCUT2D eigenvalue weighted by Gasteiger charge is 2.36. The number of hydrogen-bond acceptors (Lipinski definition) is 3.